The van der Waals surface area contributed by atoms with Crippen molar-refractivity contribution in [2.45, 2.75) is 0 Å². The Bertz CT molecular complexity index is 1040. The second-order valence-electron chi connectivity index (χ2n) is 5.23. The van der Waals surface area contributed by atoms with Crippen LogP contribution in [0.5, 0.6) is 0 Å². The Kier molecular flexibility index (Phi) is 3.87. The second-order valence-corrected chi connectivity index (χ2v) is 6.26. The minimum absolute atomic E-state index is 0.452. The van der Waals surface area contributed by atoms with E-state index >= 15 is 0 Å². The molecule has 3 heterocycles. The maximum absolute atomic E-state index is 13.3. The summed E-state index contributed by atoms with van der Waals surface area (Å²) >= 11 is 1.37. The van der Waals surface area contributed by atoms with E-state index in [4.69, 9.17) is 0 Å². The lowest BCUT2D eigenvalue weighted by molar-refractivity contribution is 0.262. The van der Waals surface area contributed by atoms with Crippen molar-refractivity contribution in [2.75, 3.05) is 10.6 Å². The SMILES string of the molecule is O=C(Nc1ncc(-c2ccccc2)s1)Nc1c[nH]c2cnc(F)cc12. The molecule has 0 bridgehead atoms. The normalized spacial score (nSPS) is 10.8. The Labute approximate surface area is 145 Å². The van der Waals surface area contributed by atoms with Gasteiger partial charge in [-0.2, -0.15) is 4.39 Å². The molecule has 0 spiro atoms. The number of pyridine rings is 1. The number of fused-ring (bicyclic) bond motifs is 1. The van der Waals surface area contributed by atoms with E-state index in [1.54, 1.807) is 12.4 Å². The number of hydrogen-bond donors (Lipinski definition) is 3. The summed E-state index contributed by atoms with van der Waals surface area (Å²) in [4.78, 5) is 23.8. The van der Waals surface area contributed by atoms with Gasteiger partial charge in [0.05, 0.1) is 22.3 Å². The summed E-state index contributed by atoms with van der Waals surface area (Å²) < 4.78 is 13.3. The molecule has 3 aromatic heterocycles. The van der Waals surface area contributed by atoms with Crippen molar-refractivity contribution in [1.29, 1.82) is 0 Å². The molecule has 8 heteroatoms. The third-order valence-electron chi connectivity index (χ3n) is 3.57. The molecule has 1 aromatic carbocycles. The van der Waals surface area contributed by atoms with Gasteiger partial charge in [0, 0.05) is 23.8 Å². The van der Waals surface area contributed by atoms with E-state index in [2.05, 4.69) is 25.6 Å². The number of aromatic amines is 1. The first-order chi connectivity index (χ1) is 12.2. The summed E-state index contributed by atoms with van der Waals surface area (Å²) in [7, 11) is 0. The van der Waals surface area contributed by atoms with Crippen LogP contribution in [0.1, 0.15) is 0 Å². The minimum atomic E-state index is -0.608. The molecule has 0 saturated heterocycles. The minimum Gasteiger partial charge on any atom is -0.358 e. The highest BCUT2D eigenvalue weighted by molar-refractivity contribution is 7.19. The number of amides is 2. The van der Waals surface area contributed by atoms with Crippen molar-refractivity contribution >= 4 is 39.1 Å². The van der Waals surface area contributed by atoms with Crippen LogP contribution in [-0.4, -0.2) is 21.0 Å². The molecule has 124 valence electrons. The number of benzene rings is 1. The molecule has 0 radical (unpaired) electrons. The lowest BCUT2D eigenvalue weighted by Gasteiger charge is -2.03. The van der Waals surface area contributed by atoms with Gasteiger partial charge in [-0.15, -0.1) is 0 Å². The predicted molar refractivity (Wildman–Crippen MR) is 96.2 cm³/mol. The molecule has 4 aromatic rings. The number of anilines is 2. The summed E-state index contributed by atoms with van der Waals surface area (Å²) in [5.74, 6) is -0.608. The van der Waals surface area contributed by atoms with Crippen LogP contribution >= 0.6 is 11.3 Å². The van der Waals surface area contributed by atoms with Gasteiger partial charge in [0.15, 0.2) is 5.13 Å². The van der Waals surface area contributed by atoms with Crippen LogP contribution in [0.25, 0.3) is 21.3 Å². The third-order valence-corrected chi connectivity index (χ3v) is 4.53. The van der Waals surface area contributed by atoms with Crippen molar-refractivity contribution in [2.24, 2.45) is 0 Å². The summed E-state index contributed by atoms with van der Waals surface area (Å²) in [6.45, 7) is 0. The number of thiazole rings is 1. The molecule has 0 fully saturated rings. The largest absolute Gasteiger partial charge is 0.358 e. The van der Waals surface area contributed by atoms with Gasteiger partial charge < -0.3 is 10.3 Å². The van der Waals surface area contributed by atoms with E-state index in [9.17, 15) is 9.18 Å². The Morgan fingerprint density at radius 3 is 2.80 bits per heavy atom. The molecule has 0 saturated carbocycles. The van der Waals surface area contributed by atoms with Crippen molar-refractivity contribution < 1.29 is 9.18 Å². The van der Waals surface area contributed by atoms with Crippen LogP contribution in [0.2, 0.25) is 0 Å². The number of urea groups is 1. The number of rotatable bonds is 3. The highest BCUT2D eigenvalue weighted by Gasteiger charge is 2.11. The standard InChI is InChI=1S/C17H12FN5OS/c18-15-6-11-12(7-20-15)19-8-13(11)22-16(24)23-17-21-9-14(25-17)10-4-2-1-3-5-10/h1-9,19H,(H2,21,22,23,24). The quantitative estimate of drug-likeness (QED) is 0.475. The van der Waals surface area contributed by atoms with Crippen LogP contribution in [0.3, 0.4) is 0 Å². The first kappa shape index (κ1) is 15.3. The number of hydrogen-bond acceptors (Lipinski definition) is 4. The van der Waals surface area contributed by atoms with E-state index in [-0.39, 0.29) is 0 Å². The highest BCUT2D eigenvalue weighted by Crippen LogP contribution is 2.29. The first-order valence-corrected chi connectivity index (χ1v) is 8.22. The van der Waals surface area contributed by atoms with Gasteiger partial charge in [0.2, 0.25) is 5.95 Å². The van der Waals surface area contributed by atoms with E-state index < -0.39 is 12.0 Å². The fraction of sp³-hybridized carbons (Fsp3) is 0. The Hall–Kier alpha value is -3.26. The zero-order valence-corrected chi connectivity index (χ0v) is 13.6. The zero-order valence-electron chi connectivity index (χ0n) is 12.8. The van der Waals surface area contributed by atoms with Gasteiger partial charge >= 0.3 is 6.03 Å². The molecule has 0 aliphatic carbocycles. The zero-order chi connectivity index (χ0) is 17.2. The number of aromatic nitrogens is 3. The summed E-state index contributed by atoms with van der Waals surface area (Å²) in [5, 5.41) is 6.39. The van der Waals surface area contributed by atoms with Crippen molar-refractivity contribution in [3.05, 3.63) is 60.9 Å². The van der Waals surface area contributed by atoms with Crippen molar-refractivity contribution in [1.82, 2.24) is 15.0 Å². The fourth-order valence-corrected chi connectivity index (χ4v) is 3.23. The maximum Gasteiger partial charge on any atom is 0.325 e. The van der Waals surface area contributed by atoms with Crippen molar-refractivity contribution in [3.63, 3.8) is 0 Å². The first-order valence-electron chi connectivity index (χ1n) is 7.41. The number of carbonyl (C=O) groups excluding carboxylic acids is 1. The number of halogens is 1. The molecule has 0 aliphatic rings. The van der Waals surface area contributed by atoms with E-state index in [0.29, 0.717) is 21.7 Å². The number of H-pyrrole nitrogens is 1. The molecule has 3 N–H and O–H groups in total. The lowest BCUT2D eigenvalue weighted by Crippen LogP contribution is -2.19. The summed E-state index contributed by atoms with van der Waals surface area (Å²) in [5.41, 5.74) is 2.14. The van der Waals surface area contributed by atoms with E-state index in [0.717, 1.165) is 10.4 Å². The smallest absolute Gasteiger partial charge is 0.325 e. The highest BCUT2D eigenvalue weighted by atomic mass is 32.1. The molecule has 25 heavy (non-hydrogen) atoms. The van der Waals surface area contributed by atoms with E-state index in [1.807, 2.05) is 30.3 Å². The summed E-state index contributed by atoms with van der Waals surface area (Å²) in [6.07, 6.45) is 4.67. The third kappa shape index (κ3) is 3.20. The molecule has 0 atom stereocenters. The van der Waals surface area contributed by atoms with Crippen LogP contribution < -0.4 is 10.6 Å². The second kappa shape index (κ2) is 6.33. The molecular formula is C17H12FN5OS. The lowest BCUT2D eigenvalue weighted by atomic mass is 10.2. The molecule has 2 amide bonds. The van der Waals surface area contributed by atoms with Gasteiger partial charge in [-0.25, -0.2) is 14.8 Å². The monoisotopic (exact) mass is 353 g/mol. The van der Waals surface area contributed by atoms with Gasteiger partial charge in [-0.3, -0.25) is 5.32 Å². The van der Waals surface area contributed by atoms with Crippen LogP contribution in [0.15, 0.2) is 55.0 Å². The topological polar surface area (TPSA) is 82.7 Å². The Balaban J connectivity index is 1.49. The number of carbonyl (C=O) groups is 1. The van der Waals surface area contributed by atoms with Crippen molar-refractivity contribution in [3.8, 4) is 10.4 Å². The predicted octanol–water partition coefficient (Wildman–Crippen LogP) is 4.47. The number of nitrogens with one attached hydrogen (secondary N) is 3. The number of nitrogens with zero attached hydrogens (tertiary/aromatic N) is 2. The molecular weight excluding hydrogens is 341 g/mol. The maximum atomic E-state index is 13.3. The molecule has 4 rings (SSSR count). The molecule has 6 nitrogen and oxygen atoms in total. The fourth-order valence-electron chi connectivity index (χ4n) is 2.42. The Morgan fingerprint density at radius 2 is 1.96 bits per heavy atom. The van der Waals surface area contributed by atoms with Crippen LogP contribution in [0.4, 0.5) is 20.0 Å². The average molecular weight is 353 g/mol. The molecule has 0 aliphatic heterocycles. The average Bonchev–Trinajstić information content (AvgIpc) is 3.23. The van der Waals surface area contributed by atoms with E-state index in [1.165, 1.54) is 23.6 Å². The van der Waals surface area contributed by atoms with Gasteiger partial charge in [-0.05, 0) is 5.56 Å². The Morgan fingerprint density at radius 1 is 1.12 bits per heavy atom. The molecule has 0 unspecified atom stereocenters. The van der Waals surface area contributed by atoms with Gasteiger partial charge in [-0.1, -0.05) is 41.7 Å². The van der Waals surface area contributed by atoms with Gasteiger partial charge in [0.1, 0.15) is 0 Å². The van der Waals surface area contributed by atoms with Crippen LogP contribution in [-0.2, 0) is 0 Å². The van der Waals surface area contributed by atoms with Gasteiger partial charge in [0.25, 0.3) is 0 Å². The van der Waals surface area contributed by atoms with Crippen LogP contribution in [0, 0.1) is 5.95 Å². The summed E-state index contributed by atoms with van der Waals surface area (Å²) in [6, 6.07) is 10.6.